The van der Waals surface area contributed by atoms with E-state index in [2.05, 4.69) is 69.2 Å². The van der Waals surface area contributed by atoms with Crippen molar-refractivity contribution in [2.75, 3.05) is 0 Å². The summed E-state index contributed by atoms with van der Waals surface area (Å²) < 4.78 is 0. The van der Waals surface area contributed by atoms with Crippen LogP contribution in [0.1, 0.15) is 142 Å². The molecule has 2 rings (SSSR count). The smallest absolute Gasteiger partial charge is 0.0326 e. The molecule has 0 aliphatic heterocycles. The highest BCUT2D eigenvalue weighted by Crippen LogP contribution is 2.56. The molecule has 170 valence electrons. The fourth-order valence-corrected chi connectivity index (χ4v) is 4.42. The van der Waals surface area contributed by atoms with Crippen LogP contribution in [0.4, 0.5) is 0 Å². The maximum atomic E-state index is 2.50. The van der Waals surface area contributed by atoms with Gasteiger partial charge in [0.05, 0.1) is 0 Å². The van der Waals surface area contributed by atoms with Gasteiger partial charge in [-0.25, -0.2) is 0 Å². The molecule has 2 fully saturated rings. The van der Waals surface area contributed by atoms with Crippen molar-refractivity contribution in [3.63, 3.8) is 0 Å². The molecule has 0 radical (unpaired) electrons. The highest BCUT2D eigenvalue weighted by molar-refractivity contribution is 4.97. The van der Waals surface area contributed by atoms with Crippen molar-refractivity contribution in [2.45, 2.75) is 142 Å². The monoisotopic (exact) mass is 386 g/mol. The van der Waals surface area contributed by atoms with Crippen LogP contribution in [-0.2, 0) is 0 Å². The van der Waals surface area contributed by atoms with Gasteiger partial charge in [-0.2, -0.15) is 0 Å². The summed E-state index contributed by atoms with van der Waals surface area (Å²) in [6.07, 6.45) is 9.76. The third-order valence-corrected chi connectivity index (χ3v) is 5.16. The summed E-state index contributed by atoms with van der Waals surface area (Å²) in [6.45, 7) is 30.5. The van der Waals surface area contributed by atoms with Crippen molar-refractivity contribution in [2.24, 2.45) is 35.5 Å². The number of rotatable bonds is 2. The Balaban J connectivity index is -0.000000171. The predicted molar refractivity (Wildman–Crippen MR) is 133 cm³/mol. The third kappa shape index (κ3) is 15.6. The molecule has 2 aliphatic carbocycles. The van der Waals surface area contributed by atoms with Crippen molar-refractivity contribution in [1.29, 1.82) is 0 Å². The van der Waals surface area contributed by atoms with Crippen LogP contribution in [-0.4, -0.2) is 0 Å². The van der Waals surface area contributed by atoms with Crippen LogP contribution >= 0.6 is 0 Å². The first-order valence-electron chi connectivity index (χ1n) is 12.9. The molecule has 0 N–H and O–H groups in total. The zero-order chi connectivity index (χ0) is 22.4. The zero-order valence-corrected chi connectivity index (χ0v) is 22.4. The summed E-state index contributed by atoms with van der Waals surface area (Å²) in [5.41, 5.74) is 0. The zero-order valence-electron chi connectivity index (χ0n) is 22.4. The lowest BCUT2D eigenvalue weighted by Crippen LogP contribution is -2.20. The molecular formula is C27H62. The molecule has 0 amide bonds. The van der Waals surface area contributed by atoms with E-state index in [1.165, 1.54) is 44.9 Å². The minimum Gasteiger partial charge on any atom is -0.0683 e. The van der Waals surface area contributed by atoms with Gasteiger partial charge in [0.2, 0.25) is 0 Å². The summed E-state index contributed by atoms with van der Waals surface area (Å²) in [6, 6.07) is 0. The molecule has 2 aliphatic rings. The number of hydrogen-bond acceptors (Lipinski definition) is 0. The lowest BCUT2D eigenvalue weighted by molar-refractivity contribution is 0.226. The molecule has 5 unspecified atom stereocenters. The van der Waals surface area contributed by atoms with E-state index in [1.807, 2.05) is 27.7 Å². The van der Waals surface area contributed by atoms with Gasteiger partial charge in [0.25, 0.3) is 0 Å². The lowest BCUT2D eigenvalue weighted by Gasteiger charge is -2.26. The van der Waals surface area contributed by atoms with Crippen LogP contribution in [0.3, 0.4) is 0 Å². The van der Waals surface area contributed by atoms with Gasteiger partial charge in [-0.3, -0.25) is 0 Å². The standard InChI is InChI=1S/C14H26.3C3H8.2C2H6/c1-5-11-8-13(9(2)3)14-10(4)6-7-12(11)14;3*1-3-2;2*1-2/h9-14H,5-8H2,1-4H3;3*3H2,1-2H3;2*1-2H3. The minimum atomic E-state index is 0.916. The maximum Gasteiger partial charge on any atom is -0.0326 e. The molecule has 0 aromatic carbocycles. The molecule has 0 nitrogen and oxygen atoms in total. The van der Waals surface area contributed by atoms with E-state index in [0.29, 0.717) is 0 Å². The van der Waals surface area contributed by atoms with Crippen molar-refractivity contribution >= 4 is 0 Å². The molecule has 0 aromatic rings. The van der Waals surface area contributed by atoms with Crippen molar-refractivity contribution < 1.29 is 0 Å². The van der Waals surface area contributed by atoms with Gasteiger partial charge in [-0.15, -0.1) is 0 Å². The SMILES string of the molecule is CC.CC.CCC.CCC.CCC.CCC1CC(C(C)C)C2C(C)CCC12. The normalized spacial score (nSPS) is 27.0. The van der Waals surface area contributed by atoms with Crippen LogP contribution in [0.15, 0.2) is 0 Å². The molecular weight excluding hydrogens is 324 g/mol. The third-order valence-electron chi connectivity index (χ3n) is 5.16. The predicted octanol–water partition coefficient (Wildman–Crippen LogP) is 10.7. The summed E-state index contributed by atoms with van der Waals surface area (Å²) in [4.78, 5) is 0. The molecule has 27 heavy (non-hydrogen) atoms. The first-order valence-corrected chi connectivity index (χ1v) is 12.9. The van der Waals surface area contributed by atoms with Crippen molar-refractivity contribution in [3.05, 3.63) is 0 Å². The number of hydrogen-bond donors (Lipinski definition) is 0. The van der Waals surface area contributed by atoms with Crippen LogP contribution in [0.5, 0.6) is 0 Å². The fraction of sp³-hybridized carbons (Fsp3) is 1.00. The largest absolute Gasteiger partial charge is 0.0683 e. The van der Waals surface area contributed by atoms with Gasteiger partial charge in [-0.1, -0.05) is 129 Å². The molecule has 0 saturated heterocycles. The first-order chi connectivity index (χ1) is 12.9. The Morgan fingerprint density at radius 3 is 1.37 bits per heavy atom. The van der Waals surface area contributed by atoms with E-state index in [9.17, 15) is 0 Å². The van der Waals surface area contributed by atoms with E-state index in [0.717, 1.165) is 35.5 Å². The van der Waals surface area contributed by atoms with Crippen LogP contribution < -0.4 is 0 Å². The van der Waals surface area contributed by atoms with Gasteiger partial charge < -0.3 is 0 Å². The van der Waals surface area contributed by atoms with Crippen LogP contribution in [0.25, 0.3) is 0 Å². The average Bonchev–Trinajstić information content (AvgIpc) is 3.21. The van der Waals surface area contributed by atoms with E-state index >= 15 is 0 Å². The summed E-state index contributed by atoms with van der Waals surface area (Å²) >= 11 is 0. The second kappa shape index (κ2) is 26.0. The average molecular weight is 387 g/mol. The summed E-state index contributed by atoms with van der Waals surface area (Å²) in [5.74, 6) is 6.23. The van der Waals surface area contributed by atoms with Gasteiger partial charge in [-0.05, 0) is 48.3 Å². The van der Waals surface area contributed by atoms with Crippen molar-refractivity contribution in [3.8, 4) is 0 Å². The Hall–Kier alpha value is 0. The lowest BCUT2D eigenvalue weighted by atomic mass is 9.79. The summed E-state index contributed by atoms with van der Waals surface area (Å²) in [5, 5.41) is 0. The summed E-state index contributed by atoms with van der Waals surface area (Å²) in [7, 11) is 0. The maximum absolute atomic E-state index is 2.50. The molecule has 5 atom stereocenters. The Kier molecular flexibility index (Phi) is 33.2. The van der Waals surface area contributed by atoms with Gasteiger partial charge in [0, 0.05) is 0 Å². The van der Waals surface area contributed by atoms with Gasteiger partial charge in [0.15, 0.2) is 0 Å². The van der Waals surface area contributed by atoms with E-state index in [1.54, 1.807) is 0 Å². The minimum absolute atomic E-state index is 0.916. The first kappa shape index (κ1) is 34.5. The van der Waals surface area contributed by atoms with Crippen molar-refractivity contribution in [1.82, 2.24) is 0 Å². The quantitative estimate of drug-likeness (QED) is 0.442. The van der Waals surface area contributed by atoms with E-state index < -0.39 is 0 Å². The highest BCUT2D eigenvalue weighted by Gasteiger charge is 2.48. The van der Waals surface area contributed by atoms with E-state index in [-0.39, 0.29) is 0 Å². The van der Waals surface area contributed by atoms with Gasteiger partial charge in [0.1, 0.15) is 0 Å². The molecule has 0 heterocycles. The van der Waals surface area contributed by atoms with Crippen LogP contribution in [0.2, 0.25) is 0 Å². The Bertz CT molecular complexity index is 225. The topological polar surface area (TPSA) is 0 Å². The Labute approximate surface area is 177 Å². The Morgan fingerprint density at radius 1 is 0.704 bits per heavy atom. The molecule has 0 bridgehead atoms. The molecule has 0 aromatic heterocycles. The van der Waals surface area contributed by atoms with Gasteiger partial charge >= 0.3 is 0 Å². The molecule has 0 spiro atoms. The second-order valence-corrected chi connectivity index (χ2v) is 8.23. The second-order valence-electron chi connectivity index (χ2n) is 8.23. The van der Waals surface area contributed by atoms with Crippen LogP contribution in [0, 0.1) is 35.5 Å². The molecule has 0 heteroatoms. The number of fused-ring (bicyclic) bond motifs is 1. The van der Waals surface area contributed by atoms with E-state index in [4.69, 9.17) is 0 Å². The fourth-order valence-electron chi connectivity index (χ4n) is 4.42. The highest BCUT2D eigenvalue weighted by atomic mass is 14.5. The molecule has 2 saturated carbocycles. The Morgan fingerprint density at radius 2 is 1.07 bits per heavy atom.